The SMILES string of the molecule is CCCCC/C=C\C/C=C\C/C=C\CCCCC(=O)OC[C@H](COC(=O)CCCCCCCCC/C=C\CCCCCC)OC(=O)CCCCCCC/C=C\CCCCCC. The highest BCUT2D eigenvalue weighted by Crippen LogP contribution is 2.14. The molecule has 0 spiro atoms. The summed E-state index contributed by atoms with van der Waals surface area (Å²) in [5, 5.41) is 0. The molecule has 0 radical (unpaired) electrons. The number of hydrogen-bond donors (Lipinski definition) is 0. The fourth-order valence-electron chi connectivity index (χ4n) is 7.03. The number of unbranched alkanes of at least 4 members (excludes halogenated alkanes) is 25. The quantitative estimate of drug-likeness (QED) is 0.0263. The van der Waals surface area contributed by atoms with Crippen molar-refractivity contribution in [3.8, 4) is 0 Å². The summed E-state index contributed by atoms with van der Waals surface area (Å²) in [6.45, 7) is 6.54. The lowest BCUT2D eigenvalue weighted by molar-refractivity contribution is -0.167. The molecule has 0 rings (SSSR count). The maximum absolute atomic E-state index is 12.8. The lowest BCUT2D eigenvalue weighted by Crippen LogP contribution is -2.30. The van der Waals surface area contributed by atoms with E-state index >= 15 is 0 Å². The van der Waals surface area contributed by atoms with Crippen molar-refractivity contribution < 1.29 is 28.6 Å². The molecule has 0 aliphatic heterocycles. The largest absolute Gasteiger partial charge is 0.462 e. The molecule has 0 saturated heterocycles. The van der Waals surface area contributed by atoms with Crippen LogP contribution >= 0.6 is 0 Å². The molecule has 0 unspecified atom stereocenters. The molecule has 61 heavy (non-hydrogen) atoms. The minimum absolute atomic E-state index is 0.0916. The van der Waals surface area contributed by atoms with Crippen LogP contribution in [0.5, 0.6) is 0 Å². The highest BCUT2D eigenvalue weighted by Gasteiger charge is 2.19. The number of hydrogen-bond acceptors (Lipinski definition) is 6. The van der Waals surface area contributed by atoms with Gasteiger partial charge in [0.05, 0.1) is 0 Å². The van der Waals surface area contributed by atoms with E-state index in [2.05, 4.69) is 81.5 Å². The zero-order valence-electron chi connectivity index (χ0n) is 40.2. The van der Waals surface area contributed by atoms with E-state index < -0.39 is 6.10 Å². The van der Waals surface area contributed by atoms with Crippen LogP contribution in [0.25, 0.3) is 0 Å². The molecule has 0 N–H and O–H groups in total. The normalized spacial score (nSPS) is 12.5. The van der Waals surface area contributed by atoms with Gasteiger partial charge in [-0.25, -0.2) is 0 Å². The zero-order chi connectivity index (χ0) is 44.4. The second-order valence-electron chi connectivity index (χ2n) is 17.1. The Labute approximate surface area is 377 Å². The molecular formula is C55H96O6. The molecule has 0 aliphatic rings. The van der Waals surface area contributed by atoms with Crippen LogP contribution in [0.3, 0.4) is 0 Å². The van der Waals surface area contributed by atoms with Gasteiger partial charge in [-0.1, -0.05) is 184 Å². The first-order valence-corrected chi connectivity index (χ1v) is 25.8. The van der Waals surface area contributed by atoms with Crippen molar-refractivity contribution in [2.45, 2.75) is 258 Å². The Hall–Kier alpha value is -2.89. The predicted octanol–water partition coefficient (Wildman–Crippen LogP) is 16.9. The van der Waals surface area contributed by atoms with Gasteiger partial charge in [-0.3, -0.25) is 14.4 Å². The Morgan fingerprint density at radius 1 is 0.328 bits per heavy atom. The van der Waals surface area contributed by atoms with Crippen molar-refractivity contribution in [3.63, 3.8) is 0 Å². The number of rotatable bonds is 46. The van der Waals surface area contributed by atoms with Gasteiger partial charge in [0.1, 0.15) is 13.2 Å². The molecule has 0 aromatic carbocycles. The Kier molecular flexibility index (Phi) is 47.4. The average molecular weight is 853 g/mol. The van der Waals surface area contributed by atoms with Gasteiger partial charge in [0.2, 0.25) is 0 Å². The number of esters is 3. The van der Waals surface area contributed by atoms with E-state index in [1.54, 1.807) is 0 Å². The molecule has 0 fully saturated rings. The van der Waals surface area contributed by atoms with Crippen LogP contribution in [0, 0.1) is 0 Å². The van der Waals surface area contributed by atoms with Gasteiger partial charge in [0, 0.05) is 19.3 Å². The first-order chi connectivity index (χ1) is 30.0. The van der Waals surface area contributed by atoms with Gasteiger partial charge in [-0.2, -0.15) is 0 Å². The third-order valence-corrected chi connectivity index (χ3v) is 11.0. The zero-order valence-corrected chi connectivity index (χ0v) is 40.2. The minimum Gasteiger partial charge on any atom is -0.462 e. The summed E-state index contributed by atoms with van der Waals surface area (Å²) in [7, 11) is 0. The fourth-order valence-corrected chi connectivity index (χ4v) is 7.03. The van der Waals surface area contributed by atoms with Gasteiger partial charge in [0.25, 0.3) is 0 Å². The molecule has 0 aromatic rings. The van der Waals surface area contributed by atoms with E-state index in [1.165, 1.54) is 128 Å². The van der Waals surface area contributed by atoms with Gasteiger partial charge < -0.3 is 14.2 Å². The lowest BCUT2D eigenvalue weighted by Gasteiger charge is -2.18. The summed E-state index contributed by atoms with van der Waals surface area (Å²) in [5.74, 6) is -0.942. The van der Waals surface area contributed by atoms with E-state index in [1.807, 2.05) is 0 Å². The van der Waals surface area contributed by atoms with Crippen LogP contribution in [-0.2, 0) is 28.6 Å². The summed E-state index contributed by atoms with van der Waals surface area (Å²) < 4.78 is 16.7. The summed E-state index contributed by atoms with van der Waals surface area (Å²) in [6.07, 6.45) is 60.6. The molecule has 0 heterocycles. The number of ether oxygens (including phenoxy) is 3. The molecule has 0 aromatic heterocycles. The highest BCUT2D eigenvalue weighted by molar-refractivity contribution is 5.71. The average Bonchev–Trinajstić information content (AvgIpc) is 3.26. The molecule has 352 valence electrons. The summed E-state index contributed by atoms with van der Waals surface area (Å²) in [4.78, 5) is 37.9. The molecular weight excluding hydrogens is 757 g/mol. The van der Waals surface area contributed by atoms with Crippen LogP contribution in [0.4, 0.5) is 0 Å². The third kappa shape index (κ3) is 48.0. The van der Waals surface area contributed by atoms with Crippen molar-refractivity contribution in [2.75, 3.05) is 13.2 Å². The van der Waals surface area contributed by atoms with Crippen LogP contribution in [0.1, 0.15) is 252 Å². The third-order valence-electron chi connectivity index (χ3n) is 11.0. The van der Waals surface area contributed by atoms with E-state index in [0.717, 1.165) is 83.5 Å². The van der Waals surface area contributed by atoms with Crippen molar-refractivity contribution in [2.24, 2.45) is 0 Å². The van der Waals surface area contributed by atoms with Crippen molar-refractivity contribution in [3.05, 3.63) is 60.8 Å². The second-order valence-corrected chi connectivity index (χ2v) is 17.1. The fraction of sp³-hybridized carbons (Fsp3) is 0.764. The summed E-state index contributed by atoms with van der Waals surface area (Å²) in [5.41, 5.74) is 0. The first kappa shape index (κ1) is 58.1. The van der Waals surface area contributed by atoms with Crippen LogP contribution < -0.4 is 0 Å². The van der Waals surface area contributed by atoms with E-state index in [4.69, 9.17) is 14.2 Å². The maximum Gasteiger partial charge on any atom is 0.306 e. The van der Waals surface area contributed by atoms with Crippen LogP contribution in [-0.4, -0.2) is 37.2 Å². The number of carbonyl (C=O) groups is 3. The Balaban J connectivity index is 4.45. The monoisotopic (exact) mass is 853 g/mol. The standard InChI is InChI=1S/C55H96O6/c1-4-7-10-13-16-19-22-25-27-30-32-35-38-41-44-47-53(56)59-50-52(61-55(58)49-46-43-40-37-34-29-24-21-18-15-12-9-6-3)51-60-54(57)48-45-42-39-36-33-31-28-26-23-20-17-14-11-8-5-2/h16,19-21,23-25,27,32,35,52H,4-15,17-18,22,26,28-31,33-34,36-51H2,1-3H3/b19-16-,23-20-,24-21-,27-25-,35-32-/t52-/m1/s1. The predicted molar refractivity (Wildman–Crippen MR) is 261 cm³/mol. The van der Waals surface area contributed by atoms with Crippen molar-refractivity contribution >= 4 is 17.9 Å². The summed E-state index contributed by atoms with van der Waals surface area (Å²) >= 11 is 0. The Morgan fingerprint density at radius 3 is 1.00 bits per heavy atom. The van der Waals surface area contributed by atoms with Gasteiger partial charge in [0.15, 0.2) is 6.10 Å². The smallest absolute Gasteiger partial charge is 0.306 e. The topological polar surface area (TPSA) is 78.9 Å². The lowest BCUT2D eigenvalue weighted by atomic mass is 10.1. The van der Waals surface area contributed by atoms with Gasteiger partial charge in [-0.05, 0) is 109 Å². The van der Waals surface area contributed by atoms with Crippen molar-refractivity contribution in [1.82, 2.24) is 0 Å². The molecule has 6 heteroatoms. The van der Waals surface area contributed by atoms with Gasteiger partial charge in [-0.15, -0.1) is 0 Å². The molecule has 1 atom stereocenters. The van der Waals surface area contributed by atoms with E-state index in [9.17, 15) is 14.4 Å². The number of carbonyl (C=O) groups excluding carboxylic acids is 3. The highest BCUT2D eigenvalue weighted by atomic mass is 16.6. The van der Waals surface area contributed by atoms with Gasteiger partial charge >= 0.3 is 17.9 Å². The van der Waals surface area contributed by atoms with E-state index in [-0.39, 0.29) is 31.1 Å². The minimum atomic E-state index is -0.794. The van der Waals surface area contributed by atoms with E-state index in [0.29, 0.717) is 19.3 Å². The molecule has 6 nitrogen and oxygen atoms in total. The second kappa shape index (κ2) is 49.8. The first-order valence-electron chi connectivity index (χ1n) is 25.8. The molecule has 0 aliphatic carbocycles. The Bertz CT molecular complexity index is 1120. The number of allylic oxidation sites excluding steroid dienone is 10. The molecule has 0 saturated carbocycles. The van der Waals surface area contributed by atoms with Crippen LogP contribution in [0.2, 0.25) is 0 Å². The maximum atomic E-state index is 12.8. The molecule has 0 bridgehead atoms. The van der Waals surface area contributed by atoms with Crippen molar-refractivity contribution in [1.29, 1.82) is 0 Å². The molecule has 0 amide bonds. The summed E-state index contributed by atoms with van der Waals surface area (Å²) in [6, 6.07) is 0. The Morgan fingerprint density at radius 2 is 0.590 bits per heavy atom. The van der Waals surface area contributed by atoms with Crippen LogP contribution in [0.15, 0.2) is 60.8 Å².